The van der Waals surface area contributed by atoms with Crippen LogP contribution in [-0.2, 0) is 11.8 Å². The van der Waals surface area contributed by atoms with Gasteiger partial charge < -0.3 is 19.4 Å². The molecule has 1 amide bonds. The van der Waals surface area contributed by atoms with Gasteiger partial charge in [0.2, 0.25) is 0 Å². The molecule has 0 spiro atoms. The Labute approximate surface area is 158 Å². The van der Waals surface area contributed by atoms with Crippen molar-refractivity contribution in [2.45, 2.75) is 25.4 Å². The minimum absolute atomic E-state index is 0.126. The number of nitrogens with zero attached hydrogens (tertiary/aromatic N) is 1. The highest BCUT2D eigenvalue weighted by atomic mass is 16.5. The number of hydrogen-bond donors (Lipinski definition) is 1. The number of aromatic nitrogens is 1. The highest BCUT2D eigenvalue weighted by Gasteiger charge is 2.17. The number of para-hydroxylation sites is 3. The van der Waals surface area contributed by atoms with Crippen molar-refractivity contribution in [3.8, 4) is 5.75 Å². The summed E-state index contributed by atoms with van der Waals surface area (Å²) in [6.07, 6.45) is 5.30. The van der Waals surface area contributed by atoms with Gasteiger partial charge in [-0.1, -0.05) is 30.3 Å². The second-order valence-corrected chi connectivity index (χ2v) is 6.92. The molecule has 0 aliphatic carbocycles. The normalized spacial score (nSPS) is 17.0. The summed E-state index contributed by atoms with van der Waals surface area (Å²) in [5.74, 6) is 0.525. The van der Waals surface area contributed by atoms with Crippen molar-refractivity contribution in [1.82, 2.24) is 4.57 Å². The maximum absolute atomic E-state index is 12.9. The first kappa shape index (κ1) is 17.6. The fourth-order valence-electron chi connectivity index (χ4n) is 3.53. The Kier molecular flexibility index (Phi) is 5.12. The van der Waals surface area contributed by atoms with Crippen LogP contribution in [0.5, 0.6) is 5.75 Å². The number of nitrogens with one attached hydrogen (secondary N) is 1. The molecule has 1 aliphatic heterocycles. The topological polar surface area (TPSA) is 52.5 Å². The minimum atomic E-state index is -0.142. The molecule has 1 atom stereocenters. The van der Waals surface area contributed by atoms with Crippen molar-refractivity contribution < 1.29 is 14.3 Å². The molecule has 2 heterocycles. The Morgan fingerprint density at radius 3 is 2.85 bits per heavy atom. The summed E-state index contributed by atoms with van der Waals surface area (Å²) in [5.41, 5.74) is 2.35. The summed E-state index contributed by atoms with van der Waals surface area (Å²) in [6.45, 7) is 1.30. The quantitative estimate of drug-likeness (QED) is 0.731. The number of carbonyl (C=O) groups excluding carboxylic acids is 1. The molecule has 27 heavy (non-hydrogen) atoms. The Hall–Kier alpha value is -2.79. The second-order valence-electron chi connectivity index (χ2n) is 6.92. The molecular formula is C22H24N2O3. The van der Waals surface area contributed by atoms with Crippen LogP contribution in [0, 0.1) is 0 Å². The van der Waals surface area contributed by atoms with Crippen molar-refractivity contribution in [3.05, 3.63) is 60.3 Å². The van der Waals surface area contributed by atoms with E-state index in [0.29, 0.717) is 23.6 Å². The Bertz CT molecular complexity index is 942. The number of carbonyl (C=O) groups is 1. The molecular weight excluding hydrogens is 340 g/mol. The molecule has 1 aromatic heterocycles. The van der Waals surface area contributed by atoms with E-state index >= 15 is 0 Å². The second kappa shape index (κ2) is 7.84. The van der Waals surface area contributed by atoms with Gasteiger partial charge >= 0.3 is 0 Å². The summed E-state index contributed by atoms with van der Waals surface area (Å²) in [6, 6.07) is 15.4. The van der Waals surface area contributed by atoms with Crippen LogP contribution in [0.2, 0.25) is 0 Å². The summed E-state index contributed by atoms with van der Waals surface area (Å²) >= 11 is 0. The van der Waals surface area contributed by atoms with Gasteiger partial charge in [-0.15, -0.1) is 0 Å². The van der Waals surface area contributed by atoms with Crippen LogP contribution < -0.4 is 10.1 Å². The molecule has 140 valence electrons. The summed E-state index contributed by atoms with van der Waals surface area (Å²) < 4.78 is 13.7. The molecule has 0 bridgehead atoms. The fourth-order valence-corrected chi connectivity index (χ4v) is 3.53. The van der Waals surface area contributed by atoms with Crippen molar-refractivity contribution in [1.29, 1.82) is 0 Å². The molecule has 0 unspecified atom stereocenters. The van der Waals surface area contributed by atoms with E-state index in [1.807, 2.05) is 66.3 Å². The largest absolute Gasteiger partial charge is 0.489 e. The number of amides is 1. The van der Waals surface area contributed by atoms with Gasteiger partial charge in [-0.2, -0.15) is 0 Å². The predicted octanol–water partition coefficient (Wildman–Crippen LogP) is 4.38. The maximum Gasteiger partial charge on any atom is 0.257 e. The lowest BCUT2D eigenvalue weighted by Crippen LogP contribution is -2.26. The number of ether oxygens (including phenoxy) is 2. The molecule has 1 saturated heterocycles. The van der Waals surface area contributed by atoms with Crippen LogP contribution >= 0.6 is 0 Å². The molecule has 3 aromatic rings. The van der Waals surface area contributed by atoms with E-state index in [9.17, 15) is 4.79 Å². The number of benzene rings is 2. The van der Waals surface area contributed by atoms with Crippen LogP contribution in [-0.4, -0.2) is 29.8 Å². The summed E-state index contributed by atoms with van der Waals surface area (Å²) in [4.78, 5) is 12.9. The number of hydrogen-bond acceptors (Lipinski definition) is 3. The van der Waals surface area contributed by atoms with E-state index < -0.39 is 0 Å². The van der Waals surface area contributed by atoms with E-state index in [4.69, 9.17) is 9.47 Å². The van der Waals surface area contributed by atoms with Gasteiger partial charge in [-0.25, -0.2) is 0 Å². The van der Waals surface area contributed by atoms with Gasteiger partial charge in [0.15, 0.2) is 0 Å². The monoisotopic (exact) mass is 364 g/mol. The maximum atomic E-state index is 12.9. The zero-order valence-corrected chi connectivity index (χ0v) is 15.5. The number of fused-ring (bicyclic) bond motifs is 1. The molecule has 0 saturated carbocycles. The zero-order valence-electron chi connectivity index (χ0n) is 15.5. The van der Waals surface area contributed by atoms with Crippen LogP contribution in [0.4, 0.5) is 5.69 Å². The van der Waals surface area contributed by atoms with Crippen LogP contribution in [0.1, 0.15) is 29.6 Å². The average molecular weight is 364 g/mol. The van der Waals surface area contributed by atoms with E-state index in [0.717, 1.165) is 30.4 Å². The number of rotatable bonds is 5. The van der Waals surface area contributed by atoms with Crippen LogP contribution in [0.15, 0.2) is 54.7 Å². The van der Waals surface area contributed by atoms with Crippen LogP contribution in [0.3, 0.4) is 0 Å². The molecule has 1 fully saturated rings. The Morgan fingerprint density at radius 1 is 1.19 bits per heavy atom. The molecule has 1 aliphatic rings. The van der Waals surface area contributed by atoms with E-state index in [-0.39, 0.29) is 12.0 Å². The van der Waals surface area contributed by atoms with E-state index in [1.165, 1.54) is 6.42 Å². The van der Waals surface area contributed by atoms with Gasteiger partial charge in [0.25, 0.3) is 5.91 Å². The first-order valence-corrected chi connectivity index (χ1v) is 9.41. The first-order chi connectivity index (χ1) is 13.2. The predicted molar refractivity (Wildman–Crippen MR) is 106 cm³/mol. The number of anilines is 1. The zero-order chi connectivity index (χ0) is 18.6. The highest BCUT2D eigenvalue weighted by Crippen LogP contribution is 2.27. The van der Waals surface area contributed by atoms with Crippen molar-refractivity contribution in [2.75, 3.05) is 18.5 Å². The van der Waals surface area contributed by atoms with Gasteiger partial charge in [0.1, 0.15) is 12.4 Å². The Morgan fingerprint density at radius 2 is 2.00 bits per heavy atom. The van der Waals surface area contributed by atoms with E-state index in [2.05, 4.69) is 5.32 Å². The molecule has 5 heteroatoms. The van der Waals surface area contributed by atoms with Crippen molar-refractivity contribution >= 4 is 22.5 Å². The minimum Gasteiger partial charge on any atom is -0.489 e. The molecule has 1 N–H and O–H groups in total. The highest BCUT2D eigenvalue weighted by molar-refractivity contribution is 6.13. The smallest absolute Gasteiger partial charge is 0.257 e. The summed E-state index contributed by atoms with van der Waals surface area (Å²) in [5, 5.41) is 3.94. The average Bonchev–Trinajstić information content (AvgIpc) is 3.05. The molecule has 2 aromatic carbocycles. The lowest BCUT2D eigenvalue weighted by Gasteiger charge is -2.23. The van der Waals surface area contributed by atoms with Crippen molar-refractivity contribution in [3.63, 3.8) is 0 Å². The van der Waals surface area contributed by atoms with Gasteiger partial charge in [0.05, 0.1) is 17.4 Å². The lowest BCUT2D eigenvalue weighted by molar-refractivity contribution is -0.0109. The van der Waals surface area contributed by atoms with Crippen molar-refractivity contribution in [2.24, 2.45) is 7.05 Å². The molecule has 5 nitrogen and oxygen atoms in total. The van der Waals surface area contributed by atoms with Crippen LogP contribution in [0.25, 0.3) is 10.9 Å². The summed E-state index contributed by atoms with van der Waals surface area (Å²) in [7, 11) is 1.94. The van der Waals surface area contributed by atoms with Gasteiger partial charge in [-0.3, -0.25) is 4.79 Å². The van der Waals surface area contributed by atoms with Gasteiger partial charge in [-0.05, 0) is 37.5 Å². The molecule has 0 radical (unpaired) electrons. The third-order valence-corrected chi connectivity index (χ3v) is 4.98. The number of aryl methyl sites for hydroxylation is 1. The first-order valence-electron chi connectivity index (χ1n) is 9.41. The SMILES string of the molecule is Cn1cc(C(=O)Nc2ccccc2OC[C@H]2CCCCO2)c2ccccc21. The lowest BCUT2D eigenvalue weighted by atomic mass is 10.1. The van der Waals surface area contributed by atoms with Gasteiger partial charge in [0, 0.05) is 30.8 Å². The standard InChI is InChI=1S/C22H24N2O3/c1-24-14-18(17-9-2-4-11-20(17)24)22(25)23-19-10-3-5-12-21(19)27-15-16-8-6-7-13-26-16/h2-5,9-12,14,16H,6-8,13,15H2,1H3,(H,23,25)/t16-/m1/s1. The molecule has 4 rings (SSSR count). The third kappa shape index (κ3) is 3.83. The van der Waals surface area contributed by atoms with E-state index in [1.54, 1.807) is 0 Å². The fraction of sp³-hybridized carbons (Fsp3) is 0.318. The third-order valence-electron chi connectivity index (χ3n) is 4.98. The Balaban J connectivity index is 1.51.